The van der Waals surface area contributed by atoms with Crippen molar-refractivity contribution in [2.24, 2.45) is 0 Å². The monoisotopic (exact) mass is 858 g/mol. The summed E-state index contributed by atoms with van der Waals surface area (Å²) in [5.74, 6) is 0. The van der Waals surface area contributed by atoms with Gasteiger partial charge in [-0.05, 0) is 162 Å². The molecule has 1 spiro atoms. The van der Waals surface area contributed by atoms with Crippen LogP contribution in [0.15, 0.2) is 235 Å². The van der Waals surface area contributed by atoms with E-state index in [-0.39, 0.29) is 0 Å². The molecular weight excluding hydrogens is 821 g/mol. The van der Waals surface area contributed by atoms with E-state index in [2.05, 4.69) is 231 Å². The zero-order chi connectivity index (χ0) is 44.2. The van der Waals surface area contributed by atoms with Crippen LogP contribution in [0.4, 0.5) is 0 Å². The Bertz CT molecular complexity index is 4460. The molecule has 68 heavy (non-hydrogen) atoms. The van der Waals surface area contributed by atoms with Gasteiger partial charge in [-0.15, -0.1) is 0 Å². The van der Waals surface area contributed by atoms with Crippen molar-refractivity contribution in [2.45, 2.75) is 5.41 Å². The first-order valence-electron chi connectivity index (χ1n) is 23.7. The number of fused-ring (bicyclic) bond motifs is 23. The molecule has 0 saturated carbocycles. The molecule has 0 bridgehead atoms. The minimum absolute atomic E-state index is 0.570. The van der Waals surface area contributed by atoms with Crippen LogP contribution in [-0.4, -0.2) is 0 Å². The van der Waals surface area contributed by atoms with E-state index in [9.17, 15) is 0 Å². The van der Waals surface area contributed by atoms with E-state index in [0.717, 1.165) is 21.9 Å². The number of hydrogen-bond donors (Lipinski definition) is 0. The van der Waals surface area contributed by atoms with E-state index in [1.165, 1.54) is 131 Å². The van der Waals surface area contributed by atoms with E-state index < -0.39 is 5.41 Å². The van der Waals surface area contributed by atoms with Gasteiger partial charge < -0.3 is 4.42 Å². The van der Waals surface area contributed by atoms with Crippen molar-refractivity contribution < 1.29 is 4.42 Å². The topological polar surface area (TPSA) is 13.1 Å². The van der Waals surface area contributed by atoms with Gasteiger partial charge in [0.05, 0.1) is 5.41 Å². The fourth-order valence-corrected chi connectivity index (χ4v) is 13.2. The molecule has 2 aliphatic carbocycles. The van der Waals surface area contributed by atoms with Crippen LogP contribution in [0.2, 0.25) is 0 Å². The third kappa shape index (κ3) is 4.51. The SMILES string of the molecule is c1ccc2c(c1)-c1ccccc1C21c2cc(-c3c4ccccc4c(-c4ccc5oc6cc7ccccc7cc6c5c4)c4ccccc34)c3ccccc3c2-c2c1c1ccccc1c1ccccc21. The Morgan fingerprint density at radius 2 is 0.706 bits per heavy atom. The first kappa shape index (κ1) is 36.4. The molecule has 0 N–H and O–H groups in total. The van der Waals surface area contributed by atoms with Crippen molar-refractivity contribution in [2.75, 3.05) is 0 Å². The highest BCUT2D eigenvalue weighted by molar-refractivity contribution is 6.28. The second-order valence-electron chi connectivity index (χ2n) is 18.9. The summed E-state index contributed by atoms with van der Waals surface area (Å²) in [6, 6.07) is 86.6. The number of rotatable bonds is 2. The molecule has 312 valence electrons. The molecule has 2 aliphatic rings. The molecule has 13 aromatic carbocycles. The second kappa shape index (κ2) is 13.2. The molecule has 14 aromatic rings. The lowest BCUT2D eigenvalue weighted by molar-refractivity contribution is 0.669. The van der Waals surface area contributed by atoms with E-state index in [4.69, 9.17) is 4.42 Å². The van der Waals surface area contributed by atoms with E-state index >= 15 is 0 Å². The normalized spacial score (nSPS) is 13.4. The van der Waals surface area contributed by atoms with Gasteiger partial charge in [0.25, 0.3) is 0 Å². The van der Waals surface area contributed by atoms with Gasteiger partial charge in [-0.25, -0.2) is 0 Å². The lowest BCUT2D eigenvalue weighted by Crippen LogP contribution is -2.26. The van der Waals surface area contributed by atoms with E-state index in [1.807, 2.05) is 0 Å². The number of hydrogen-bond acceptors (Lipinski definition) is 1. The molecule has 16 rings (SSSR count). The number of furan rings is 1. The van der Waals surface area contributed by atoms with Crippen LogP contribution < -0.4 is 0 Å². The fourth-order valence-electron chi connectivity index (χ4n) is 13.2. The average Bonchev–Trinajstić information content (AvgIpc) is 4.03. The summed E-state index contributed by atoms with van der Waals surface area (Å²) in [5.41, 5.74) is 16.9. The maximum atomic E-state index is 6.54. The van der Waals surface area contributed by atoms with Crippen LogP contribution in [0.25, 0.3) is 131 Å². The van der Waals surface area contributed by atoms with Crippen LogP contribution >= 0.6 is 0 Å². The highest BCUT2D eigenvalue weighted by atomic mass is 16.3. The molecule has 1 nitrogen and oxygen atoms in total. The molecule has 0 amide bonds. The Kier molecular flexibility index (Phi) is 7.07. The van der Waals surface area contributed by atoms with Gasteiger partial charge in [0, 0.05) is 10.8 Å². The van der Waals surface area contributed by atoms with Crippen LogP contribution in [0.3, 0.4) is 0 Å². The van der Waals surface area contributed by atoms with Crippen molar-refractivity contribution >= 4 is 86.6 Å². The van der Waals surface area contributed by atoms with E-state index in [1.54, 1.807) is 0 Å². The summed E-state index contributed by atoms with van der Waals surface area (Å²) in [6.45, 7) is 0. The first-order valence-corrected chi connectivity index (χ1v) is 23.7. The zero-order valence-electron chi connectivity index (χ0n) is 36.8. The molecular formula is C67H38O. The molecule has 0 radical (unpaired) electrons. The van der Waals surface area contributed by atoms with Gasteiger partial charge in [-0.2, -0.15) is 0 Å². The Morgan fingerprint density at radius 3 is 1.34 bits per heavy atom. The van der Waals surface area contributed by atoms with Gasteiger partial charge in [-0.1, -0.05) is 200 Å². The molecule has 0 fully saturated rings. The first-order chi connectivity index (χ1) is 33.8. The lowest BCUT2D eigenvalue weighted by Gasteiger charge is -2.32. The Balaban J connectivity index is 1.06. The summed E-state index contributed by atoms with van der Waals surface area (Å²) in [7, 11) is 0. The fraction of sp³-hybridized carbons (Fsp3) is 0.0149. The number of benzene rings is 13. The highest BCUT2D eigenvalue weighted by Crippen LogP contribution is 2.67. The maximum Gasteiger partial charge on any atom is 0.136 e. The van der Waals surface area contributed by atoms with Crippen LogP contribution in [0.1, 0.15) is 22.3 Å². The summed E-state index contributed by atoms with van der Waals surface area (Å²) < 4.78 is 6.54. The van der Waals surface area contributed by atoms with Crippen LogP contribution in [0.5, 0.6) is 0 Å². The average molecular weight is 859 g/mol. The Labute approximate surface area is 391 Å². The highest BCUT2D eigenvalue weighted by Gasteiger charge is 2.53. The molecule has 1 heterocycles. The van der Waals surface area contributed by atoms with E-state index in [0.29, 0.717) is 0 Å². The maximum absolute atomic E-state index is 6.54. The molecule has 0 saturated heterocycles. The quantitative estimate of drug-likeness (QED) is 0.125. The van der Waals surface area contributed by atoms with Gasteiger partial charge in [-0.3, -0.25) is 0 Å². The van der Waals surface area contributed by atoms with Crippen molar-refractivity contribution in [1.29, 1.82) is 0 Å². The molecule has 0 atom stereocenters. The van der Waals surface area contributed by atoms with Crippen LogP contribution in [0, 0.1) is 0 Å². The van der Waals surface area contributed by atoms with Crippen molar-refractivity contribution in [3.8, 4) is 44.5 Å². The smallest absolute Gasteiger partial charge is 0.136 e. The summed E-state index contributed by atoms with van der Waals surface area (Å²) in [4.78, 5) is 0. The molecule has 1 heteroatoms. The second-order valence-corrected chi connectivity index (χ2v) is 18.9. The lowest BCUT2D eigenvalue weighted by atomic mass is 9.68. The molecule has 1 aromatic heterocycles. The third-order valence-electron chi connectivity index (χ3n) is 15.8. The predicted octanol–water partition coefficient (Wildman–Crippen LogP) is 18.2. The summed E-state index contributed by atoms with van der Waals surface area (Å²) in [5, 5.41) is 17.3. The largest absolute Gasteiger partial charge is 0.456 e. The minimum atomic E-state index is -0.570. The molecule has 0 unspecified atom stereocenters. The summed E-state index contributed by atoms with van der Waals surface area (Å²) >= 11 is 0. The van der Waals surface area contributed by atoms with Crippen molar-refractivity contribution in [3.05, 3.63) is 253 Å². The standard InChI is InChI=1S/C67H38O/c1-2-18-40-37-61-55(35-39(40)17-1)54-36-41(33-34-60(54)68-61)62-49-26-8-10-28-51(49)63(52-29-11-9-27-50(52)62)56-38-59-64(47-24-6-4-21-44(47)56)65-48-25-7-3-19-42(48)43-20-5-12-30-53(43)66(65)67(59)57-31-15-13-22-45(57)46-23-14-16-32-58(46)67/h1-38H. The Morgan fingerprint density at radius 1 is 0.250 bits per heavy atom. The Hall–Kier alpha value is -8.78. The third-order valence-corrected chi connectivity index (χ3v) is 15.8. The van der Waals surface area contributed by atoms with Crippen LogP contribution in [-0.2, 0) is 5.41 Å². The minimum Gasteiger partial charge on any atom is -0.456 e. The van der Waals surface area contributed by atoms with Crippen molar-refractivity contribution in [3.63, 3.8) is 0 Å². The van der Waals surface area contributed by atoms with Crippen molar-refractivity contribution in [1.82, 2.24) is 0 Å². The van der Waals surface area contributed by atoms with Gasteiger partial charge >= 0.3 is 0 Å². The van der Waals surface area contributed by atoms with Gasteiger partial charge in [0.2, 0.25) is 0 Å². The summed E-state index contributed by atoms with van der Waals surface area (Å²) in [6.07, 6.45) is 0. The zero-order valence-corrected chi connectivity index (χ0v) is 36.8. The van der Waals surface area contributed by atoms with Gasteiger partial charge in [0.15, 0.2) is 0 Å². The van der Waals surface area contributed by atoms with Gasteiger partial charge in [0.1, 0.15) is 11.2 Å². The molecule has 0 aliphatic heterocycles. The predicted molar refractivity (Wildman–Crippen MR) is 286 cm³/mol.